The summed E-state index contributed by atoms with van der Waals surface area (Å²) in [7, 11) is 0. The lowest BCUT2D eigenvalue weighted by Crippen LogP contribution is -2.54. The Morgan fingerprint density at radius 3 is 2.41 bits per heavy atom. The van der Waals surface area contributed by atoms with Crippen LogP contribution in [0.2, 0.25) is 0 Å². The van der Waals surface area contributed by atoms with Gasteiger partial charge in [-0.3, -0.25) is 4.79 Å². The van der Waals surface area contributed by atoms with Crippen LogP contribution in [0.5, 0.6) is 0 Å². The summed E-state index contributed by atoms with van der Waals surface area (Å²) < 4.78 is 10.7. The van der Waals surface area contributed by atoms with Crippen molar-refractivity contribution in [3.63, 3.8) is 0 Å². The predicted molar refractivity (Wildman–Crippen MR) is 109 cm³/mol. The minimum atomic E-state index is -0.771. The zero-order valence-corrected chi connectivity index (χ0v) is 17.9. The summed E-state index contributed by atoms with van der Waals surface area (Å²) in [5.41, 5.74) is 0.231. The van der Waals surface area contributed by atoms with Crippen LogP contribution >= 0.6 is 0 Å². The monoisotopic (exact) mass is 404 g/mol. The summed E-state index contributed by atoms with van der Waals surface area (Å²) in [4.78, 5) is 39.4. The third-order valence-corrected chi connectivity index (χ3v) is 4.64. The average molecular weight is 405 g/mol. The normalized spacial score (nSPS) is 17.7. The fourth-order valence-electron chi connectivity index (χ4n) is 3.23. The molecule has 2 atom stereocenters. The van der Waals surface area contributed by atoms with Crippen LogP contribution in [0.3, 0.4) is 0 Å². The Morgan fingerprint density at radius 2 is 1.83 bits per heavy atom. The number of carbonyl (C=O) groups excluding carboxylic acids is 3. The molecule has 0 bridgehead atoms. The number of alkyl carbamates (subject to hydrolysis) is 1. The number of esters is 1. The summed E-state index contributed by atoms with van der Waals surface area (Å²) >= 11 is 0. The van der Waals surface area contributed by atoms with E-state index in [0.717, 1.165) is 5.56 Å². The van der Waals surface area contributed by atoms with Crippen molar-refractivity contribution in [1.29, 1.82) is 0 Å². The van der Waals surface area contributed by atoms with Crippen LogP contribution in [0.15, 0.2) is 30.3 Å². The summed E-state index contributed by atoms with van der Waals surface area (Å²) in [5, 5.41) is 2.66. The molecule has 0 aromatic heterocycles. The van der Waals surface area contributed by atoms with Crippen LogP contribution in [0, 0.1) is 5.92 Å². The molecular formula is C22H32N2O5. The first-order chi connectivity index (χ1) is 13.6. The summed E-state index contributed by atoms with van der Waals surface area (Å²) in [5.74, 6) is -0.860. The Balaban J connectivity index is 2.01. The maximum atomic E-state index is 13.1. The van der Waals surface area contributed by atoms with E-state index >= 15 is 0 Å². The number of ether oxygens (including phenoxy) is 2. The molecule has 1 saturated heterocycles. The van der Waals surface area contributed by atoms with E-state index in [0.29, 0.717) is 19.4 Å². The minimum Gasteiger partial charge on any atom is -0.459 e. The lowest BCUT2D eigenvalue weighted by atomic mass is 10.0. The molecule has 1 fully saturated rings. The zero-order chi connectivity index (χ0) is 21.6. The third kappa shape index (κ3) is 6.76. The maximum absolute atomic E-state index is 13.1. The van der Waals surface area contributed by atoms with Crippen molar-refractivity contribution in [2.45, 2.75) is 71.8 Å². The van der Waals surface area contributed by atoms with Gasteiger partial charge in [-0.25, -0.2) is 9.59 Å². The molecule has 2 unspecified atom stereocenters. The van der Waals surface area contributed by atoms with E-state index in [9.17, 15) is 14.4 Å². The molecular weight excluding hydrogens is 372 g/mol. The van der Waals surface area contributed by atoms with Gasteiger partial charge in [0.05, 0.1) is 0 Å². The average Bonchev–Trinajstić information content (AvgIpc) is 3.12. The Labute approximate surface area is 172 Å². The van der Waals surface area contributed by atoms with Gasteiger partial charge >= 0.3 is 12.1 Å². The van der Waals surface area contributed by atoms with Gasteiger partial charge in [-0.1, -0.05) is 44.2 Å². The molecule has 1 aromatic rings. The minimum absolute atomic E-state index is 0.156. The smallest absolute Gasteiger partial charge is 0.408 e. The van der Waals surface area contributed by atoms with Crippen LogP contribution < -0.4 is 5.32 Å². The second-order valence-corrected chi connectivity index (χ2v) is 8.65. The quantitative estimate of drug-likeness (QED) is 0.736. The molecule has 0 radical (unpaired) electrons. The highest BCUT2D eigenvalue weighted by Gasteiger charge is 2.39. The molecule has 0 spiro atoms. The highest BCUT2D eigenvalue weighted by molar-refractivity contribution is 5.90. The molecule has 1 aromatic carbocycles. The van der Waals surface area contributed by atoms with Gasteiger partial charge in [-0.15, -0.1) is 0 Å². The second-order valence-electron chi connectivity index (χ2n) is 8.65. The molecule has 1 aliphatic heterocycles. The van der Waals surface area contributed by atoms with Crippen molar-refractivity contribution < 1.29 is 23.9 Å². The topological polar surface area (TPSA) is 84.9 Å². The van der Waals surface area contributed by atoms with Crippen LogP contribution in [-0.4, -0.2) is 47.1 Å². The number of likely N-dealkylation sites (tertiary alicyclic amines) is 1. The molecule has 7 nitrogen and oxygen atoms in total. The second kappa shape index (κ2) is 9.76. The highest BCUT2D eigenvalue weighted by Crippen LogP contribution is 2.22. The standard InChI is InChI=1S/C22H32N2O5/c1-15(2)18(23-21(27)29-22(3,4)5)19(25)24-13-9-12-17(24)20(26)28-14-16-10-7-6-8-11-16/h6-8,10-11,15,17-18H,9,12-14H2,1-5H3,(H,23,27). The molecule has 0 aliphatic carbocycles. The van der Waals surface area contributed by atoms with Crippen LogP contribution in [0.25, 0.3) is 0 Å². The first-order valence-corrected chi connectivity index (χ1v) is 10.1. The van der Waals surface area contributed by atoms with Gasteiger partial charge < -0.3 is 19.7 Å². The molecule has 2 rings (SSSR count). The Bertz CT molecular complexity index is 712. The van der Waals surface area contributed by atoms with Crippen molar-refractivity contribution in [3.8, 4) is 0 Å². The van der Waals surface area contributed by atoms with Crippen molar-refractivity contribution >= 4 is 18.0 Å². The zero-order valence-electron chi connectivity index (χ0n) is 17.9. The molecule has 0 saturated carbocycles. The molecule has 1 aliphatic rings. The number of hydrogen-bond acceptors (Lipinski definition) is 5. The number of benzene rings is 1. The number of nitrogens with zero attached hydrogens (tertiary/aromatic N) is 1. The van der Waals surface area contributed by atoms with Crippen molar-refractivity contribution in [2.24, 2.45) is 5.92 Å². The van der Waals surface area contributed by atoms with Crippen molar-refractivity contribution in [3.05, 3.63) is 35.9 Å². The lowest BCUT2D eigenvalue weighted by Gasteiger charge is -2.30. The fourth-order valence-corrected chi connectivity index (χ4v) is 3.23. The largest absolute Gasteiger partial charge is 0.459 e. The number of nitrogens with one attached hydrogen (secondary N) is 1. The number of amides is 2. The molecule has 1 N–H and O–H groups in total. The highest BCUT2D eigenvalue weighted by atomic mass is 16.6. The van der Waals surface area contributed by atoms with E-state index in [-0.39, 0.29) is 18.4 Å². The first kappa shape index (κ1) is 22.7. The molecule has 29 heavy (non-hydrogen) atoms. The predicted octanol–water partition coefficient (Wildman–Crippen LogP) is 3.27. The number of hydrogen-bond donors (Lipinski definition) is 1. The fraction of sp³-hybridized carbons (Fsp3) is 0.591. The van der Waals surface area contributed by atoms with Gasteiger partial charge in [0.2, 0.25) is 5.91 Å². The van der Waals surface area contributed by atoms with Crippen LogP contribution in [0.1, 0.15) is 53.0 Å². The summed E-state index contributed by atoms with van der Waals surface area (Å²) in [6.07, 6.45) is 0.622. The Hall–Kier alpha value is -2.57. The number of rotatable bonds is 6. The van der Waals surface area contributed by atoms with Crippen LogP contribution in [-0.2, 0) is 25.7 Å². The van der Waals surface area contributed by atoms with Gasteiger partial charge in [-0.2, -0.15) is 0 Å². The molecule has 7 heteroatoms. The third-order valence-electron chi connectivity index (χ3n) is 4.64. The van der Waals surface area contributed by atoms with Crippen molar-refractivity contribution in [1.82, 2.24) is 10.2 Å². The molecule has 1 heterocycles. The van der Waals surface area contributed by atoms with Gasteiger partial charge in [0.25, 0.3) is 0 Å². The van der Waals surface area contributed by atoms with E-state index in [1.807, 2.05) is 44.2 Å². The van der Waals surface area contributed by atoms with Gasteiger partial charge in [0.1, 0.15) is 24.3 Å². The van der Waals surface area contributed by atoms with E-state index in [2.05, 4.69) is 5.32 Å². The summed E-state index contributed by atoms with van der Waals surface area (Å²) in [6, 6.07) is 8.01. The van der Waals surface area contributed by atoms with E-state index < -0.39 is 29.7 Å². The van der Waals surface area contributed by atoms with E-state index in [1.165, 1.54) is 4.90 Å². The SMILES string of the molecule is CC(C)C(NC(=O)OC(C)(C)C)C(=O)N1CCCC1C(=O)OCc1ccccc1. The van der Waals surface area contributed by atoms with Crippen LogP contribution in [0.4, 0.5) is 4.79 Å². The van der Waals surface area contributed by atoms with E-state index in [1.54, 1.807) is 20.8 Å². The Morgan fingerprint density at radius 1 is 1.17 bits per heavy atom. The van der Waals surface area contributed by atoms with Crippen molar-refractivity contribution in [2.75, 3.05) is 6.54 Å². The molecule has 160 valence electrons. The maximum Gasteiger partial charge on any atom is 0.408 e. The number of carbonyl (C=O) groups is 3. The molecule has 2 amide bonds. The Kier molecular flexibility index (Phi) is 7.65. The van der Waals surface area contributed by atoms with Gasteiger partial charge in [0.15, 0.2) is 0 Å². The van der Waals surface area contributed by atoms with E-state index in [4.69, 9.17) is 9.47 Å². The van der Waals surface area contributed by atoms with Gasteiger partial charge in [-0.05, 0) is 45.1 Å². The summed E-state index contributed by atoms with van der Waals surface area (Å²) in [6.45, 7) is 9.61. The van der Waals surface area contributed by atoms with Gasteiger partial charge in [0, 0.05) is 6.54 Å². The first-order valence-electron chi connectivity index (χ1n) is 10.1. The lowest BCUT2D eigenvalue weighted by molar-refractivity contribution is -0.155.